The zero-order chi connectivity index (χ0) is 23.9. The first-order valence-corrected chi connectivity index (χ1v) is 10.8. The maximum atomic E-state index is 12.6. The number of hydrogen-bond donors (Lipinski definition) is 3. The summed E-state index contributed by atoms with van der Waals surface area (Å²) in [7, 11) is 0. The highest BCUT2D eigenvalue weighted by Crippen LogP contribution is 2.24. The van der Waals surface area contributed by atoms with Crippen LogP contribution in [0.1, 0.15) is 16.7 Å². The van der Waals surface area contributed by atoms with Crippen molar-refractivity contribution in [1.29, 1.82) is 0 Å². The van der Waals surface area contributed by atoms with E-state index in [9.17, 15) is 9.59 Å². The summed E-state index contributed by atoms with van der Waals surface area (Å²) >= 11 is 0. The molecule has 0 unspecified atom stereocenters. The summed E-state index contributed by atoms with van der Waals surface area (Å²) in [6.45, 7) is 2.66. The second-order valence-electron chi connectivity index (χ2n) is 7.87. The second-order valence-corrected chi connectivity index (χ2v) is 7.87. The molecule has 0 aliphatic heterocycles. The van der Waals surface area contributed by atoms with E-state index in [1.54, 1.807) is 30.3 Å². The third-order valence-electron chi connectivity index (χ3n) is 5.11. The van der Waals surface area contributed by atoms with Crippen LogP contribution in [0.5, 0.6) is 0 Å². The van der Waals surface area contributed by atoms with Crippen LogP contribution in [-0.4, -0.2) is 21.7 Å². The molecular formula is C27H25N5O2. The highest BCUT2D eigenvalue weighted by Gasteiger charge is 2.11. The number of nitrogens with zero attached hydrogens (tertiary/aromatic N) is 2. The fraction of sp³-hybridized carbons (Fsp3) is 0.0741. The van der Waals surface area contributed by atoms with Crippen LogP contribution < -0.4 is 16.4 Å². The van der Waals surface area contributed by atoms with Crippen LogP contribution in [0.4, 0.5) is 16.2 Å². The van der Waals surface area contributed by atoms with Crippen molar-refractivity contribution in [2.75, 3.05) is 10.6 Å². The first kappa shape index (κ1) is 22.5. The molecule has 0 aliphatic carbocycles. The first-order valence-electron chi connectivity index (χ1n) is 10.8. The molecule has 0 aliphatic rings. The number of carbonyl (C=O) groups is 2. The van der Waals surface area contributed by atoms with Crippen molar-refractivity contribution in [2.45, 2.75) is 13.5 Å². The normalized spacial score (nSPS) is 10.9. The number of nitrogens with one attached hydrogen (secondary N) is 2. The van der Waals surface area contributed by atoms with E-state index in [1.165, 1.54) is 6.08 Å². The summed E-state index contributed by atoms with van der Waals surface area (Å²) in [5.41, 5.74) is 11.1. The summed E-state index contributed by atoms with van der Waals surface area (Å²) in [5.74, 6) is -0.304. The molecular weight excluding hydrogens is 426 g/mol. The minimum absolute atomic E-state index is 0.304. The van der Waals surface area contributed by atoms with Gasteiger partial charge >= 0.3 is 6.03 Å². The average Bonchev–Trinajstić information content (AvgIpc) is 3.21. The van der Waals surface area contributed by atoms with Gasteiger partial charge in [0.05, 0.1) is 12.2 Å². The highest BCUT2D eigenvalue weighted by atomic mass is 16.2. The molecule has 0 saturated carbocycles. The molecule has 0 fully saturated rings. The number of aryl methyl sites for hydroxylation is 1. The van der Waals surface area contributed by atoms with E-state index in [2.05, 4.69) is 22.8 Å². The SMILES string of the molecule is Cc1ccc(-c2nn(Cc3ccccc3)cc2/C=C/C(=O)Nc2cccc(NC(N)=O)c2)cc1. The Hall–Kier alpha value is -4.65. The van der Waals surface area contributed by atoms with Gasteiger partial charge in [-0.1, -0.05) is 66.2 Å². The van der Waals surface area contributed by atoms with Crippen LogP contribution in [0, 0.1) is 6.92 Å². The fourth-order valence-electron chi connectivity index (χ4n) is 3.51. The van der Waals surface area contributed by atoms with Crippen LogP contribution in [-0.2, 0) is 11.3 Å². The number of aromatic nitrogens is 2. The van der Waals surface area contributed by atoms with Crippen molar-refractivity contribution in [1.82, 2.24) is 9.78 Å². The summed E-state index contributed by atoms with van der Waals surface area (Å²) in [4.78, 5) is 23.6. The lowest BCUT2D eigenvalue weighted by atomic mass is 10.1. The molecule has 0 saturated heterocycles. The van der Waals surface area contributed by atoms with Crippen molar-refractivity contribution in [2.24, 2.45) is 5.73 Å². The highest BCUT2D eigenvalue weighted by molar-refractivity contribution is 6.02. The summed E-state index contributed by atoms with van der Waals surface area (Å²) in [6.07, 6.45) is 5.16. The Bertz CT molecular complexity index is 1320. The van der Waals surface area contributed by atoms with Crippen molar-refractivity contribution >= 4 is 29.4 Å². The van der Waals surface area contributed by atoms with Gasteiger partial charge in [-0.05, 0) is 36.8 Å². The van der Waals surface area contributed by atoms with Crippen molar-refractivity contribution in [3.8, 4) is 11.3 Å². The van der Waals surface area contributed by atoms with E-state index < -0.39 is 6.03 Å². The molecule has 0 radical (unpaired) electrons. The van der Waals surface area contributed by atoms with Crippen LogP contribution in [0.2, 0.25) is 0 Å². The van der Waals surface area contributed by atoms with Gasteiger partial charge in [-0.25, -0.2) is 4.79 Å². The number of anilines is 2. The van der Waals surface area contributed by atoms with Gasteiger partial charge in [-0.15, -0.1) is 0 Å². The van der Waals surface area contributed by atoms with Crippen LogP contribution >= 0.6 is 0 Å². The smallest absolute Gasteiger partial charge is 0.316 e. The van der Waals surface area contributed by atoms with Crippen molar-refractivity contribution in [3.63, 3.8) is 0 Å². The maximum Gasteiger partial charge on any atom is 0.316 e. The Morgan fingerprint density at radius 3 is 2.35 bits per heavy atom. The van der Waals surface area contributed by atoms with E-state index in [4.69, 9.17) is 10.8 Å². The molecule has 34 heavy (non-hydrogen) atoms. The van der Waals surface area contributed by atoms with Gasteiger partial charge in [-0.3, -0.25) is 9.48 Å². The monoisotopic (exact) mass is 451 g/mol. The lowest BCUT2D eigenvalue weighted by molar-refractivity contribution is -0.111. The minimum atomic E-state index is -0.667. The Morgan fingerprint density at radius 2 is 1.65 bits per heavy atom. The van der Waals surface area contributed by atoms with Crippen LogP contribution in [0.3, 0.4) is 0 Å². The van der Waals surface area contributed by atoms with Crippen LogP contribution in [0.15, 0.2) is 91.1 Å². The predicted molar refractivity (Wildman–Crippen MR) is 135 cm³/mol. The molecule has 1 aromatic heterocycles. The van der Waals surface area contributed by atoms with E-state index in [-0.39, 0.29) is 5.91 Å². The molecule has 0 atom stereocenters. The molecule has 0 bridgehead atoms. The predicted octanol–water partition coefficient (Wildman–Crippen LogP) is 5.05. The Kier molecular flexibility index (Phi) is 6.84. The van der Waals surface area contributed by atoms with Gasteiger partial charge in [-0.2, -0.15) is 5.10 Å². The molecule has 3 amide bonds. The summed E-state index contributed by atoms with van der Waals surface area (Å²) < 4.78 is 1.88. The van der Waals surface area contributed by atoms with E-state index in [1.807, 2.05) is 60.3 Å². The average molecular weight is 452 g/mol. The largest absolute Gasteiger partial charge is 0.351 e. The Morgan fingerprint density at radius 1 is 0.941 bits per heavy atom. The standard InChI is InChI=1S/C27H25N5O2/c1-19-10-12-21(13-11-19)26-22(18-32(31-26)17-20-6-3-2-4-7-20)14-15-25(33)29-23-8-5-9-24(16-23)30-27(28)34/h2-16,18H,17H2,1H3,(H,29,33)(H3,28,30,34)/b15-14+. The number of carbonyl (C=O) groups excluding carboxylic acids is 2. The quantitative estimate of drug-likeness (QED) is 0.343. The second kappa shape index (κ2) is 10.3. The van der Waals surface area contributed by atoms with Crippen molar-refractivity contribution in [3.05, 3.63) is 108 Å². The Labute approximate surface area is 197 Å². The fourth-order valence-corrected chi connectivity index (χ4v) is 3.51. The number of urea groups is 1. The molecule has 4 N–H and O–H groups in total. The molecule has 1 heterocycles. The van der Waals surface area contributed by atoms with Gasteiger partial charge < -0.3 is 16.4 Å². The number of amides is 3. The molecule has 4 aromatic rings. The molecule has 170 valence electrons. The number of nitrogens with two attached hydrogens (primary N) is 1. The third-order valence-corrected chi connectivity index (χ3v) is 5.11. The van der Waals surface area contributed by atoms with Crippen molar-refractivity contribution < 1.29 is 9.59 Å². The number of primary amides is 1. The van der Waals surface area contributed by atoms with Gasteiger partial charge in [0.25, 0.3) is 0 Å². The molecule has 3 aromatic carbocycles. The third kappa shape index (κ3) is 5.98. The number of rotatable bonds is 7. The minimum Gasteiger partial charge on any atom is -0.351 e. The van der Waals surface area contributed by atoms with Gasteiger partial charge in [0, 0.05) is 34.8 Å². The van der Waals surface area contributed by atoms with Gasteiger partial charge in [0.1, 0.15) is 0 Å². The van der Waals surface area contributed by atoms with E-state index in [0.29, 0.717) is 17.9 Å². The first-order chi connectivity index (χ1) is 16.5. The molecule has 0 spiro atoms. The number of benzene rings is 3. The summed E-state index contributed by atoms with van der Waals surface area (Å²) in [6, 6.07) is 24.3. The Balaban J connectivity index is 1.56. The zero-order valence-electron chi connectivity index (χ0n) is 18.7. The topological polar surface area (TPSA) is 102 Å². The van der Waals surface area contributed by atoms with E-state index in [0.717, 1.165) is 27.9 Å². The number of hydrogen-bond acceptors (Lipinski definition) is 3. The lowest BCUT2D eigenvalue weighted by Crippen LogP contribution is -2.19. The van der Waals surface area contributed by atoms with Gasteiger partial charge in [0.2, 0.25) is 5.91 Å². The lowest BCUT2D eigenvalue weighted by Gasteiger charge is -2.06. The molecule has 4 rings (SSSR count). The molecule has 7 heteroatoms. The van der Waals surface area contributed by atoms with Gasteiger partial charge in [0.15, 0.2) is 0 Å². The van der Waals surface area contributed by atoms with Crippen LogP contribution in [0.25, 0.3) is 17.3 Å². The maximum absolute atomic E-state index is 12.6. The summed E-state index contributed by atoms with van der Waals surface area (Å²) in [5, 5.41) is 10.1. The zero-order valence-corrected chi connectivity index (χ0v) is 18.7. The van der Waals surface area contributed by atoms with E-state index >= 15 is 0 Å². The molecule has 7 nitrogen and oxygen atoms in total.